The van der Waals surface area contributed by atoms with E-state index in [1.54, 1.807) is 12.2 Å². The lowest BCUT2D eigenvalue weighted by molar-refractivity contribution is -0.154. The van der Waals surface area contributed by atoms with E-state index in [-0.39, 0.29) is 43.8 Å². The van der Waals surface area contributed by atoms with Crippen molar-refractivity contribution in [3.63, 3.8) is 0 Å². The molecular formula is C43H48N2O6. The topological polar surface area (TPSA) is 114 Å². The summed E-state index contributed by atoms with van der Waals surface area (Å²) in [4.78, 5) is 40.0. The third-order valence-electron chi connectivity index (χ3n) is 8.49. The minimum Gasteiger partial charge on any atom is -0.489 e. The smallest absolute Gasteiger partial charge is 0.310 e. The van der Waals surface area contributed by atoms with E-state index in [2.05, 4.69) is 23.8 Å². The van der Waals surface area contributed by atoms with Crippen LogP contribution in [-0.4, -0.2) is 42.1 Å². The average Bonchev–Trinajstić information content (AvgIpc) is 3.16. The summed E-state index contributed by atoms with van der Waals surface area (Å²) in [5.74, 6) is -1.53. The highest BCUT2D eigenvalue weighted by Gasteiger charge is 2.27. The van der Waals surface area contributed by atoms with Crippen molar-refractivity contribution >= 4 is 17.8 Å². The lowest BCUT2D eigenvalue weighted by Gasteiger charge is -2.24. The van der Waals surface area contributed by atoms with Crippen LogP contribution in [0.2, 0.25) is 0 Å². The number of hydrogen-bond acceptors (Lipinski definition) is 6. The first-order valence-electron chi connectivity index (χ1n) is 17.3. The van der Waals surface area contributed by atoms with Crippen molar-refractivity contribution in [1.29, 1.82) is 0 Å². The fourth-order valence-electron chi connectivity index (χ4n) is 5.74. The van der Waals surface area contributed by atoms with E-state index in [0.717, 1.165) is 28.0 Å². The van der Waals surface area contributed by atoms with E-state index in [1.165, 1.54) is 0 Å². The summed E-state index contributed by atoms with van der Waals surface area (Å²) in [7, 11) is 0. The minimum atomic E-state index is -0.738. The molecule has 51 heavy (non-hydrogen) atoms. The molecule has 0 aliphatic carbocycles. The van der Waals surface area contributed by atoms with Crippen molar-refractivity contribution in [2.45, 2.75) is 50.9 Å². The van der Waals surface area contributed by atoms with Crippen molar-refractivity contribution in [1.82, 2.24) is 10.6 Å². The van der Waals surface area contributed by atoms with Gasteiger partial charge in [0.05, 0.1) is 31.0 Å². The third kappa shape index (κ3) is 13.1. The van der Waals surface area contributed by atoms with Crippen LogP contribution in [0.5, 0.6) is 5.75 Å². The summed E-state index contributed by atoms with van der Waals surface area (Å²) in [5.41, 5.74) is 3.74. The summed E-state index contributed by atoms with van der Waals surface area (Å²) in [6, 6.07) is 35.9. The molecular weight excluding hydrogens is 640 g/mol. The summed E-state index contributed by atoms with van der Waals surface area (Å²) in [6.45, 7) is 7.81. The molecule has 4 aromatic carbocycles. The molecule has 8 heteroatoms. The van der Waals surface area contributed by atoms with Gasteiger partial charge >= 0.3 is 5.97 Å². The summed E-state index contributed by atoms with van der Waals surface area (Å²) >= 11 is 0. The van der Waals surface area contributed by atoms with Crippen LogP contribution < -0.4 is 15.4 Å². The Labute approximate surface area is 301 Å². The Morgan fingerprint density at radius 3 is 1.88 bits per heavy atom. The Balaban J connectivity index is 1.32. The predicted octanol–water partition coefficient (Wildman–Crippen LogP) is 6.70. The van der Waals surface area contributed by atoms with Gasteiger partial charge in [0.25, 0.3) is 0 Å². The molecule has 3 N–H and O–H groups in total. The van der Waals surface area contributed by atoms with Gasteiger partial charge in [0.2, 0.25) is 11.8 Å². The van der Waals surface area contributed by atoms with Crippen molar-refractivity contribution in [2.75, 3.05) is 13.2 Å². The number of benzene rings is 4. The molecule has 0 heterocycles. The van der Waals surface area contributed by atoms with Crippen LogP contribution in [0, 0.1) is 11.8 Å². The number of aliphatic hydroxyl groups is 1. The van der Waals surface area contributed by atoms with Gasteiger partial charge in [-0.3, -0.25) is 14.4 Å². The van der Waals surface area contributed by atoms with Crippen LogP contribution in [-0.2, 0) is 38.6 Å². The van der Waals surface area contributed by atoms with Gasteiger partial charge in [0.1, 0.15) is 18.5 Å². The summed E-state index contributed by atoms with van der Waals surface area (Å²) in [6.07, 6.45) is 4.08. The molecule has 0 aliphatic rings. The quantitative estimate of drug-likeness (QED) is 0.0663. The molecule has 0 saturated heterocycles. The van der Waals surface area contributed by atoms with Gasteiger partial charge in [-0.15, -0.1) is 13.2 Å². The first-order valence-corrected chi connectivity index (χ1v) is 17.3. The van der Waals surface area contributed by atoms with Crippen molar-refractivity contribution < 1.29 is 29.0 Å². The highest BCUT2D eigenvalue weighted by atomic mass is 16.5. The van der Waals surface area contributed by atoms with E-state index < -0.39 is 24.0 Å². The number of hydrogen-bond donors (Lipinski definition) is 3. The van der Waals surface area contributed by atoms with Crippen molar-refractivity contribution in [3.05, 3.63) is 163 Å². The van der Waals surface area contributed by atoms with E-state index in [0.29, 0.717) is 25.9 Å². The lowest BCUT2D eigenvalue weighted by Crippen LogP contribution is -2.42. The number of allylic oxidation sites excluding steroid dienone is 2. The fourth-order valence-corrected chi connectivity index (χ4v) is 5.74. The zero-order valence-electron chi connectivity index (χ0n) is 29.0. The van der Waals surface area contributed by atoms with Crippen molar-refractivity contribution in [2.24, 2.45) is 11.8 Å². The molecule has 2 amide bonds. The largest absolute Gasteiger partial charge is 0.489 e. The molecule has 0 fully saturated rings. The molecule has 0 radical (unpaired) electrons. The monoisotopic (exact) mass is 688 g/mol. The van der Waals surface area contributed by atoms with E-state index in [1.807, 2.05) is 115 Å². The maximum absolute atomic E-state index is 13.4. The van der Waals surface area contributed by atoms with Crippen LogP contribution in [0.1, 0.15) is 47.6 Å². The van der Waals surface area contributed by atoms with Crippen LogP contribution in [0.3, 0.4) is 0 Å². The second-order valence-electron chi connectivity index (χ2n) is 12.5. The number of amides is 2. The zero-order valence-corrected chi connectivity index (χ0v) is 29.0. The van der Waals surface area contributed by atoms with Crippen LogP contribution in [0.4, 0.5) is 0 Å². The minimum absolute atomic E-state index is 0.0281. The second kappa shape index (κ2) is 20.9. The van der Waals surface area contributed by atoms with Crippen LogP contribution in [0.15, 0.2) is 141 Å². The number of esters is 1. The standard InChI is InChI=1S/C43H48N2O6/c1-3-14-36(28-41(47)45-38(30-46)27-33-22-24-39(25-23-33)50-31-34-18-10-6-11-19-34)42(48)44-29-40(35-20-12-7-13-21-35)51-43(49)37(15-4-2)26-32-16-8-5-9-17-32/h3-13,16-25,36-38,40,46H,1-2,14-15,26-31H2,(H,44,48)(H,45,47)/t36-,37-,38-,40+/m0/s1. The van der Waals surface area contributed by atoms with Gasteiger partial charge in [0.15, 0.2) is 0 Å². The van der Waals surface area contributed by atoms with Crippen LogP contribution in [0.25, 0.3) is 0 Å². The molecule has 4 rings (SSSR count). The Hall–Kier alpha value is -5.47. The Bertz CT molecular complexity index is 1660. The maximum Gasteiger partial charge on any atom is 0.310 e. The zero-order chi connectivity index (χ0) is 36.3. The second-order valence-corrected chi connectivity index (χ2v) is 12.5. The number of aliphatic hydroxyl groups excluding tert-OH is 1. The Morgan fingerprint density at radius 2 is 1.27 bits per heavy atom. The average molecular weight is 689 g/mol. The molecule has 8 nitrogen and oxygen atoms in total. The fraction of sp³-hybridized carbons (Fsp3) is 0.279. The molecule has 266 valence electrons. The van der Waals surface area contributed by atoms with Crippen LogP contribution >= 0.6 is 0 Å². The third-order valence-corrected chi connectivity index (χ3v) is 8.49. The number of ether oxygens (including phenoxy) is 2. The lowest BCUT2D eigenvalue weighted by atomic mass is 9.96. The Kier molecular flexibility index (Phi) is 15.7. The normalized spacial score (nSPS) is 13.1. The highest BCUT2D eigenvalue weighted by molar-refractivity contribution is 5.86. The first kappa shape index (κ1) is 38.3. The first-order chi connectivity index (χ1) is 24.9. The van der Waals surface area contributed by atoms with Gasteiger partial charge in [0, 0.05) is 6.42 Å². The van der Waals surface area contributed by atoms with E-state index in [9.17, 15) is 19.5 Å². The Morgan fingerprint density at radius 1 is 0.706 bits per heavy atom. The molecule has 4 atom stereocenters. The molecule has 0 spiro atoms. The van der Waals surface area contributed by atoms with Gasteiger partial charge in [-0.05, 0) is 60.1 Å². The number of rotatable bonds is 21. The maximum atomic E-state index is 13.4. The molecule has 0 aromatic heterocycles. The van der Waals surface area contributed by atoms with E-state index >= 15 is 0 Å². The summed E-state index contributed by atoms with van der Waals surface area (Å²) in [5, 5.41) is 15.8. The van der Waals surface area contributed by atoms with Gasteiger partial charge < -0.3 is 25.2 Å². The van der Waals surface area contributed by atoms with Gasteiger partial charge in [-0.1, -0.05) is 115 Å². The van der Waals surface area contributed by atoms with Crippen molar-refractivity contribution in [3.8, 4) is 5.75 Å². The molecule has 4 aromatic rings. The molecule has 0 aliphatic heterocycles. The van der Waals surface area contributed by atoms with Gasteiger partial charge in [-0.25, -0.2) is 0 Å². The molecule has 0 saturated carbocycles. The number of nitrogens with one attached hydrogen (secondary N) is 2. The molecule has 0 unspecified atom stereocenters. The summed E-state index contributed by atoms with van der Waals surface area (Å²) < 4.78 is 11.9. The number of carbonyl (C=O) groups excluding carboxylic acids is 3. The number of carbonyl (C=O) groups is 3. The van der Waals surface area contributed by atoms with E-state index in [4.69, 9.17) is 9.47 Å². The predicted molar refractivity (Wildman–Crippen MR) is 200 cm³/mol. The molecule has 0 bridgehead atoms. The van der Waals surface area contributed by atoms with Gasteiger partial charge in [-0.2, -0.15) is 0 Å². The highest BCUT2D eigenvalue weighted by Crippen LogP contribution is 2.23. The SMILES string of the molecule is C=CC[C@@H](CC(=O)N[C@H](CO)Cc1ccc(OCc2ccccc2)cc1)C(=O)NC[C@@H](OC(=O)[C@@H](CC=C)Cc1ccccc1)c1ccccc1.